The third-order valence-electron chi connectivity index (χ3n) is 3.68. The van der Waals surface area contributed by atoms with Gasteiger partial charge < -0.3 is 4.52 Å². The quantitative estimate of drug-likeness (QED) is 0.447. The summed E-state index contributed by atoms with van der Waals surface area (Å²) in [4.78, 5) is -1.36. The zero-order chi connectivity index (χ0) is 20.8. The van der Waals surface area contributed by atoms with Crippen LogP contribution < -0.4 is 5.14 Å². The van der Waals surface area contributed by atoms with E-state index in [0.29, 0.717) is 26.6 Å². The summed E-state index contributed by atoms with van der Waals surface area (Å²) in [6.07, 6.45) is -3.14. The number of sulfonamides is 1. The Morgan fingerprint density at radius 1 is 1.00 bits per heavy atom. The number of nitrogens with zero attached hydrogens (tertiary/aromatic N) is 1. The minimum Gasteiger partial charge on any atom is -0.354 e. The highest BCUT2D eigenvalue weighted by Gasteiger charge is 2.29. The third kappa shape index (κ3) is 3.86. The van der Waals surface area contributed by atoms with Gasteiger partial charge in [-0.15, -0.1) is 0 Å². The van der Waals surface area contributed by atoms with E-state index in [1.54, 1.807) is 6.07 Å². The lowest BCUT2D eigenvalue weighted by atomic mass is 9.99. The standard InChI is InChI=1S/C16H8Br2F4N2O3S/c17-8-2-1-6(3-9(8)18)13-12(14(16(21)22)27-24-13)7-4-10(19)15(11(20)5-7)28(23,25)26/h1-5,16H,(H2,23,25,26). The number of aromatic nitrogens is 1. The first-order chi connectivity index (χ1) is 13.0. The Labute approximate surface area is 172 Å². The average molecular weight is 544 g/mol. The molecule has 2 N–H and O–H groups in total. The maximum atomic E-state index is 14.2. The van der Waals surface area contributed by atoms with Crippen LogP contribution in [0.1, 0.15) is 12.2 Å². The number of primary sulfonamides is 1. The smallest absolute Gasteiger partial charge is 0.298 e. The van der Waals surface area contributed by atoms with Crippen molar-refractivity contribution >= 4 is 41.9 Å². The second-order valence-corrected chi connectivity index (χ2v) is 8.72. The summed E-state index contributed by atoms with van der Waals surface area (Å²) in [5.74, 6) is -3.97. The molecule has 0 saturated carbocycles. The van der Waals surface area contributed by atoms with E-state index in [9.17, 15) is 26.0 Å². The second kappa shape index (κ2) is 7.58. The van der Waals surface area contributed by atoms with Crippen molar-refractivity contribution in [2.45, 2.75) is 11.3 Å². The molecule has 28 heavy (non-hydrogen) atoms. The van der Waals surface area contributed by atoms with Crippen LogP contribution in [0.5, 0.6) is 0 Å². The molecule has 0 aliphatic carbocycles. The van der Waals surface area contributed by atoms with E-state index in [1.165, 1.54) is 12.1 Å². The lowest BCUT2D eigenvalue weighted by molar-refractivity contribution is 0.113. The fraction of sp³-hybridized carbons (Fsp3) is 0.0625. The Balaban J connectivity index is 2.30. The van der Waals surface area contributed by atoms with Crippen LogP contribution in [0, 0.1) is 11.6 Å². The molecule has 0 aliphatic rings. The molecule has 1 aromatic heterocycles. The van der Waals surface area contributed by atoms with Gasteiger partial charge in [0.05, 0.1) is 5.56 Å². The molecule has 0 spiro atoms. The maximum absolute atomic E-state index is 14.2. The van der Waals surface area contributed by atoms with Gasteiger partial charge in [0.1, 0.15) is 17.3 Å². The number of alkyl halides is 2. The van der Waals surface area contributed by atoms with E-state index in [4.69, 9.17) is 9.66 Å². The SMILES string of the molecule is NS(=O)(=O)c1c(F)cc(-c2c(-c3ccc(Br)c(Br)c3)noc2C(F)F)cc1F. The van der Waals surface area contributed by atoms with Gasteiger partial charge in [-0.3, -0.25) is 0 Å². The molecule has 0 unspecified atom stereocenters. The van der Waals surface area contributed by atoms with E-state index < -0.39 is 38.7 Å². The summed E-state index contributed by atoms with van der Waals surface area (Å²) >= 11 is 6.52. The summed E-state index contributed by atoms with van der Waals surface area (Å²) in [5, 5.41) is 8.40. The number of hydrogen-bond donors (Lipinski definition) is 1. The molecule has 0 atom stereocenters. The highest BCUT2D eigenvalue weighted by atomic mass is 79.9. The summed E-state index contributed by atoms with van der Waals surface area (Å²) < 4.78 is 83.9. The Hall–Kier alpha value is -1.76. The van der Waals surface area contributed by atoms with Crippen LogP contribution in [-0.4, -0.2) is 13.6 Å². The summed E-state index contributed by atoms with van der Waals surface area (Å²) in [7, 11) is -4.70. The minimum absolute atomic E-state index is 0.106. The van der Waals surface area contributed by atoms with Gasteiger partial charge in [-0.1, -0.05) is 11.2 Å². The number of halogens is 6. The van der Waals surface area contributed by atoms with Crippen LogP contribution in [-0.2, 0) is 10.0 Å². The fourth-order valence-corrected chi connectivity index (χ4v) is 3.83. The van der Waals surface area contributed by atoms with Crippen molar-refractivity contribution in [1.29, 1.82) is 0 Å². The van der Waals surface area contributed by atoms with Gasteiger partial charge in [0.15, 0.2) is 4.90 Å². The van der Waals surface area contributed by atoms with E-state index in [-0.39, 0.29) is 16.8 Å². The molecular weight excluding hydrogens is 536 g/mol. The van der Waals surface area contributed by atoms with Crippen LogP contribution in [0.3, 0.4) is 0 Å². The van der Waals surface area contributed by atoms with Crippen molar-refractivity contribution in [3.8, 4) is 22.4 Å². The summed E-state index contributed by atoms with van der Waals surface area (Å²) in [6, 6.07) is 5.82. The maximum Gasteiger partial charge on any atom is 0.298 e. The molecule has 12 heteroatoms. The average Bonchev–Trinajstić information content (AvgIpc) is 3.00. The number of hydrogen-bond acceptors (Lipinski definition) is 4. The lowest BCUT2D eigenvalue weighted by Crippen LogP contribution is -2.16. The van der Waals surface area contributed by atoms with Crippen molar-refractivity contribution in [3.05, 3.63) is 56.7 Å². The van der Waals surface area contributed by atoms with Gasteiger partial charge in [0.2, 0.25) is 15.8 Å². The largest absolute Gasteiger partial charge is 0.354 e. The normalized spacial score (nSPS) is 12.0. The van der Waals surface area contributed by atoms with Crippen molar-refractivity contribution in [2.24, 2.45) is 5.14 Å². The molecule has 3 aromatic rings. The monoisotopic (exact) mass is 542 g/mol. The van der Waals surface area contributed by atoms with Crippen molar-refractivity contribution in [3.63, 3.8) is 0 Å². The van der Waals surface area contributed by atoms with E-state index in [2.05, 4.69) is 37.0 Å². The molecule has 3 rings (SSSR count). The highest BCUT2D eigenvalue weighted by Crippen LogP contribution is 2.41. The summed E-state index contributed by atoms with van der Waals surface area (Å²) in [6.45, 7) is 0. The van der Waals surface area contributed by atoms with E-state index in [0.717, 1.165) is 0 Å². The van der Waals surface area contributed by atoms with Gasteiger partial charge >= 0.3 is 0 Å². The van der Waals surface area contributed by atoms with Crippen LogP contribution in [0.25, 0.3) is 22.4 Å². The predicted molar refractivity (Wildman–Crippen MR) is 99.0 cm³/mol. The Morgan fingerprint density at radius 2 is 1.61 bits per heavy atom. The molecular formula is C16H8Br2F4N2O3S. The number of nitrogens with two attached hydrogens (primary N) is 1. The van der Waals surface area contributed by atoms with Gasteiger partial charge in [0.25, 0.3) is 6.43 Å². The topological polar surface area (TPSA) is 86.2 Å². The van der Waals surface area contributed by atoms with Crippen LogP contribution in [0.15, 0.2) is 48.7 Å². The molecule has 0 amide bonds. The van der Waals surface area contributed by atoms with E-state index >= 15 is 0 Å². The fourth-order valence-electron chi connectivity index (χ4n) is 2.55. The lowest BCUT2D eigenvalue weighted by Gasteiger charge is -2.09. The number of benzene rings is 2. The first kappa shape index (κ1) is 21.0. The first-order valence-corrected chi connectivity index (χ1v) is 10.4. The third-order valence-corrected chi connectivity index (χ3v) is 6.52. The van der Waals surface area contributed by atoms with Gasteiger partial charge in [0, 0.05) is 14.5 Å². The minimum atomic E-state index is -4.70. The molecule has 0 saturated heterocycles. The molecule has 0 fully saturated rings. The van der Waals surface area contributed by atoms with Gasteiger partial charge in [-0.2, -0.15) is 0 Å². The van der Waals surface area contributed by atoms with Crippen LogP contribution >= 0.6 is 31.9 Å². The Bertz CT molecular complexity index is 1160. The molecule has 0 aliphatic heterocycles. The molecule has 0 radical (unpaired) electrons. The van der Waals surface area contributed by atoms with Gasteiger partial charge in [-0.25, -0.2) is 31.1 Å². The van der Waals surface area contributed by atoms with Gasteiger partial charge in [-0.05, 0) is 61.7 Å². The van der Waals surface area contributed by atoms with Crippen LogP contribution in [0.4, 0.5) is 17.6 Å². The molecule has 1 heterocycles. The predicted octanol–water partition coefficient (Wildman–Crippen LogP) is 5.40. The Kier molecular flexibility index (Phi) is 5.67. The Morgan fingerprint density at radius 3 is 2.11 bits per heavy atom. The van der Waals surface area contributed by atoms with Crippen molar-refractivity contribution in [2.75, 3.05) is 0 Å². The molecule has 2 aromatic carbocycles. The highest BCUT2D eigenvalue weighted by molar-refractivity contribution is 9.13. The van der Waals surface area contributed by atoms with Crippen LogP contribution in [0.2, 0.25) is 0 Å². The zero-order valence-electron chi connectivity index (χ0n) is 13.4. The summed E-state index contributed by atoms with van der Waals surface area (Å²) in [5.41, 5.74) is -0.543. The molecule has 5 nitrogen and oxygen atoms in total. The first-order valence-electron chi connectivity index (χ1n) is 7.26. The second-order valence-electron chi connectivity index (χ2n) is 5.51. The molecule has 148 valence electrons. The van der Waals surface area contributed by atoms with E-state index in [1.807, 2.05) is 0 Å². The van der Waals surface area contributed by atoms with Crippen molar-refractivity contribution in [1.82, 2.24) is 5.16 Å². The number of rotatable bonds is 4. The van der Waals surface area contributed by atoms with Crippen molar-refractivity contribution < 1.29 is 30.5 Å². The molecule has 0 bridgehead atoms. The zero-order valence-corrected chi connectivity index (χ0v) is 17.4.